The van der Waals surface area contributed by atoms with Crippen LogP contribution in [0.1, 0.15) is 13.8 Å². The van der Waals surface area contributed by atoms with Gasteiger partial charge in [-0.25, -0.2) is 4.79 Å². The second-order valence-corrected chi connectivity index (χ2v) is 2.42. The van der Waals surface area contributed by atoms with Crippen molar-refractivity contribution in [3.8, 4) is 24.2 Å². The van der Waals surface area contributed by atoms with E-state index in [1.807, 2.05) is 6.92 Å². The van der Waals surface area contributed by atoms with Crippen LogP contribution in [0.4, 0.5) is 4.79 Å². The lowest BCUT2D eigenvalue weighted by Crippen LogP contribution is -2.22. The minimum absolute atomic E-state index is 0.300. The maximum atomic E-state index is 11.0. The summed E-state index contributed by atoms with van der Waals surface area (Å²) in [5.74, 6) is 7.86. The number of alkyl carbamates (subject to hydrolysis) is 1. The first-order valence-corrected chi connectivity index (χ1v) is 4.30. The summed E-state index contributed by atoms with van der Waals surface area (Å²) in [5.41, 5.74) is 0.877. The SMILES string of the molecule is C#C/C(NC(=O)OC)=C(\C#CC)C=CC. The lowest BCUT2D eigenvalue weighted by atomic mass is 10.2. The number of carbonyl (C=O) groups excluding carboxylic acids is 1. The number of hydrogen-bond acceptors (Lipinski definition) is 2. The lowest BCUT2D eigenvalue weighted by molar-refractivity contribution is 0.174. The normalized spacial score (nSPS) is 10.8. The Hall–Kier alpha value is -2.13. The van der Waals surface area contributed by atoms with Crippen LogP contribution in [0.5, 0.6) is 0 Å². The second kappa shape index (κ2) is 7.29. The Kier molecular flexibility index (Phi) is 6.26. The van der Waals surface area contributed by atoms with Crippen molar-refractivity contribution in [1.29, 1.82) is 0 Å². The maximum Gasteiger partial charge on any atom is 0.411 e. The number of methoxy groups -OCH3 is 1. The zero-order valence-corrected chi connectivity index (χ0v) is 9.05. The van der Waals surface area contributed by atoms with E-state index in [0.717, 1.165) is 0 Å². The van der Waals surface area contributed by atoms with E-state index >= 15 is 0 Å². The smallest absolute Gasteiger partial charge is 0.411 e. The van der Waals surface area contributed by atoms with Crippen LogP contribution in [-0.4, -0.2) is 13.2 Å². The minimum atomic E-state index is -0.608. The van der Waals surface area contributed by atoms with Crippen molar-refractivity contribution >= 4 is 6.09 Å². The van der Waals surface area contributed by atoms with Gasteiger partial charge in [-0.15, -0.1) is 12.3 Å². The molecule has 3 heteroatoms. The number of amides is 1. The fourth-order valence-electron chi connectivity index (χ4n) is 0.823. The Bertz CT molecular complexity index is 386. The van der Waals surface area contributed by atoms with E-state index in [1.54, 1.807) is 19.1 Å². The predicted molar refractivity (Wildman–Crippen MR) is 59.7 cm³/mol. The number of ether oxygens (including phenoxy) is 1. The molecule has 0 aromatic rings. The van der Waals surface area contributed by atoms with Crippen LogP contribution < -0.4 is 5.32 Å². The fourth-order valence-corrected chi connectivity index (χ4v) is 0.823. The molecule has 0 heterocycles. The van der Waals surface area contributed by atoms with Crippen LogP contribution in [-0.2, 0) is 4.74 Å². The van der Waals surface area contributed by atoms with Gasteiger partial charge in [-0.3, -0.25) is 5.32 Å². The van der Waals surface area contributed by atoms with Crippen molar-refractivity contribution < 1.29 is 9.53 Å². The third-order valence-corrected chi connectivity index (χ3v) is 1.42. The Morgan fingerprint density at radius 2 is 2.20 bits per heavy atom. The molecule has 3 nitrogen and oxygen atoms in total. The highest BCUT2D eigenvalue weighted by molar-refractivity contribution is 5.72. The Labute approximate surface area is 90.2 Å². The molecule has 0 saturated heterocycles. The molecule has 0 radical (unpaired) electrons. The summed E-state index contributed by atoms with van der Waals surface area (Å²) in [5, 5.41) is 2.41. The van der Waals surface area contributed by atoms with Gasteiger partial charge in [0.2, 0.25) is 0 Å². The van der Waals surface area contributed by atoms with E-state index in [-0.39, 0.29) is 0 Å². The zero-order chi connectivity index (χ0) is 11.7. The van der Waals surface area contributed by atoms with Gasteiger partial charge < -0.3 is 4.74 Å². The van der Waals surface area contributed by atoms with Crippen molar-refractivity contribution in [2.45, 2.75) is 13.8 Å². The van der Waals surface area contributed by atoms with Crippen LogP contribution in [0.2, 0.25) is 0 Å². The third kappa shape index (κ3) is 4.59. The van der Waals surface area contributed by atoms with E-state index < -0.39 is 6.09 Å². The van der Waals surface area contributed by atoms with Gasteiger partial charge in [-0.2, -0.15) is 0 Å². The first-order valence-electron chi connectivity index (χ1n) is 4.30. The van der Waals surface area contributed by atoms with Crippen LogP contribution in [0.15, 0.2) is 23.4 Å². The molecule has 0 rings (SSSR count). The zero-order valence-electron chi connectivity index (χ0n) is 9.05. The third-order valence-electron chi connectivity index (χ3n) is 1.42. The van der Waals surface area contributed by atoms with Crippen LogP contribution >= 0.6 is 0 Å². The number of allylic oxidation sites excluding steroid dienone is 4. The first-order chi connectivity index (χ1) is 7.19. The number of rotatable bonds is 2. The molecule has 15 heavy (non-hydrogen) atoms. The maximum absolute atomic E-state index is 11.0. The van der Waals surface area contributed by atoms with E-state index in [9.17, 15) is 4.79 Å². The van der Waals surface area contributed by atoms with Gasteiger partial charge in [-0.1, -0.05) is 17.9 Å². The van der Waals surface area contributed by atoms with Crippen molar-refractivity contribution in [1.82, 2.24) is 5.32 Å². The van der Waals surface area contributed by atoms with Gasteiger partial charge in [0, 0.05) is 0 Å². The molecule has 0 atom stereocenters. The summed E-state index contributed by atoms with van der Waals surface area (Å²) in [6.45, 7) is 3.53. The van der Waals surface area contributed by atoms with Crippen LogP contribution in [0.25, 0.3) is 0 Å². The average Bonchev–Trinajstić information content (AvgIpc) is 2.25. The molecule has 1 N–H and O–H groups in total. The molecule has 1 amide bonds. The molecular formula is C12H13NO2. The molecule has 0 saturated carbocycles. The molecule has 0 bridgehead atoms. The van der Waals surface area contributed by atoms with Gasteiger partial charge in [0.15, 0.2) is 0 Å². The molecule has 0 fully saturated rings. The van der Waals surface area contributed by atoms with Crippen LogP contribution in [0, 0.1) is 24.2 Å². The number of hydrogen-bond donors (Lipinski definition) is 1. The molecule has 0 aliphatic heterocycles. The molecule has 78 valence electrons. The topological polar surface area (TPSA) is 38.3 Å². The van der Waals surface area contributed by atoms with Gasteiger partial charge in [0.05, 0.1) is 12.7 Å². The molecule has 0 aliphatic carbocycles. The Balaban J connectivity index is 5.13. The fraction of sp³-hybridized carbons (Fsp3) is 0.250. The molecular weight excluding hydrogens is 190 g/mol. The summed E-state index contributed by atoms with van der Waals surface area (Å²) < 4.78 is 4.44. The molecule has 0 spiro atoms. The first kappa shape index (κ1) is 12.9. The van der Waals surface area contributed by atoms with Crippen molar-refractivity contribution in [3.05, 3.63) is 23.4 Å². The van der Waals surface area contributed by atoms with E-state index in [2.05, 4.69) is 27.8 Å². The predicted octanol–water partition coefficient (Wildman–Crippen LogP) is 1.83. The minimum Gasteiger partial charge on any atom is -0.453 e. The second-order valence-electron chi connectivity index (χ2n) is 2.42. The van der Waals surface area contributed by atoms with Gasteiger partial charge in [0.25, 0.3) is 0 Å². The highest BCUT2D eigenvalue weighted by Gasteiger charge is 2.04. The summed E-state index contributed by atoms with van der Waals surface area (Å²) >= 11 is 0. The van der Waals surface area contributed by atoms with Crippen molar-refractivity contribution in [2.24, 2.45) is 0 Å². The monoisotopic (exact) mass is 203 g/mol. The molecule has 0 aliphatic rings. The summed E-state index contributed by atoms with van der Waals surface area (Å²) in [6, 6.07) is 0. The lowest BCUT2D eigenvalue weighted by Gasteiger charge is -2.03. The highest BCUT2D eigenvalue weighted by atomic mass is 16.5. The van der Waals surface area contributed by atoms with E-state index in [4.69, 9.17) is 6.42 Å². The van der Waals surface area contributed by atoms with Gasteiger partial charge in [0.1, 0.15) is 5.70 Å². The molecule has 0 aromatic heterocycles. The number of nitrogens with one attached hydrogen (secondary N) is 1. The average molecular weight is 203 g/mol. The van der Waals surface area contributed by atoms with E-state index in [0.29, 0.717) is 11.3 Å². The molecule has 0 aromatic carbocycles. The Morgan fingerprint density at radius 1 is 1.53 bits per heavy atom. The van der Waals surface area contributed by atoms with Gasteiger partial charge >= 0.3 is 6.09 Å². The standard InChI is InChI=1S/C12H13NO2/c1-5-8-10(9-6-2)11(7-3)13-12(14)15-4/h3,5,8H,1-2,4H3,(H,13,14)/b8-5?,11-10+. The molecule has 0 unspecified atom stereocenters. The quantitative estimate of drug-likeness (QED) is 0.549. The Morgan fingerprint density at radius 3 is 2.60 bits per heavy atom. The summed E-state index contributed by atoms with van der Waals surface area (Å²) in [7, 11) is 1.27. The van der Waals surface area contributed by atoms with E-state index in [1.165, 1.54) is 7.11 Å². The van der Waals surface area contributed by atoms with Gasteiger partial charge in [-0.05, 0) is 19.9 Å². The number of carbonyl (C=O) groups is 1. The highest BCUT2D eigenvalue weighted by Crippen LogP contribution is 2.02. The van der Waals surface area contributed by atoms with Crippen molar-refractivity contribution in [3.63, 3.8) is 0 Å². The summed E-state index contributed by atoms with van der Waals surface area (Å²) in [4.78, 5) is 11.0. The van der Waals surface area contributed by atoms with Crippen molar-refractivity contribution in [2.75, 3.05) is 7.11 Å². The summed E-state index contributed by atoms with van der Waals surface area (Å²) in [6.07, 6.45) is 8.16. The van der Waals surface area contributed by atoms with Crippen LogP contribution in [0.3, 0.4) is 0 Å². The number of terminal acetylenes is 1. The largest absolute Gasteiger partial charge is 0.453 e.